The van der Waals surface area contributed by atoms with Gasteiger partial charge < -0.3 is 19.4 Å². The molecule has 0 bridgehead atoms. The van der Waals surface area contributed by atoms with Crippen LogP contribution in [-0.2, 0) is 16.8 Å². The number of amides is 2. The van der Waals surface area contributed by atoms with Gasteiger partial charge in [-0.05, 0) is 47.7 Å². The SMILES string of the molecule is CC(C)C[C@@H](NC(=O)c1ccccc1OCc1ncc(C(C)(C)C)o1)C(=O)N1CCC[C@@H]1c1nnn[nH]1. The third-order valence-electron chi connectivity index (χ3n) is 6.30. The van der Waals surface area contributed by atoms with Crippen LogP contribution in [0.15, 0.2) is 34.9 Å². The summed E-state index contributed by atoms with van der Waals surface area (Å²) in [6.45, 7) is 10.8. The quantitative estimate of drug-likeness (QED) is 0.446. The molecule has 37 heavy (non-hydrogen) atoms. The van der Waals surface area contributed by atoms with E-state index in [-0.39, 0.29) is 35.8 Å². The Labute approximate surface area is 216 Å². The largest absolute Gasteiger partial charge is 0.483 e. The van der Waals surface area contributed by atoms with Gasteiger partial charge >= 0.3 is 0 Å². The highest BCUT2D eigenvalue weighted by Crippen LogP contribution is 2.31. The number of hydrogen-bond donors (Lipinski definition) is 2. The molecule has 0 aliphatic carbocycles. The number of para-hydroxylation sites is 1. The maximum atomic E-state index is 13.6. The van der Waals surface area contributed by atoms with E-state index in [0.29, 0.717) is 36.0 Å². The predicted molar refractivity (Wildman–Crippen MR) is 135 cm³/mol. The molecule has 198 valence electrons. The van der Waals surface area contributed by atoms with Gasteiger partial charge in [-0.25, -0.2) is 10.1 Å². The minimum Gasteiger partial charge on any atom is -0.483 e. The number of carbonyl (C=O) groups is 2. The molecule has 0 saturated carbocycles. The number of aromatic amines is 1. The summed E-state index contributed by atoms with van der Waals surface area (Å²) < 4.78 is 11.7. The monoisotopic (exact) mass is 509 g/mol. The zero-order valence-corrected chi connectivity index (χ0v) is 22.0. The van der Waals surface area contributed by atoms with E-state index in [1.807, 2.05) is 34.6 Å². The first-order valence-electron chi connectivity index (χ1n) is 12.7. The van der Waals surface area contributed by atoms with Crippen LogP contribution >= 0.6 is 0 Å². The van der Waals surface area contributed by atoms with Crippen LogP contribution in [0.4, 0.5) is 0 Å². The first-order valence-corrected chi connectivity index (χ1v) is 12.7. The highest BCUT2D eigenvalue weighted by atomic mass is 16.5. The molecule has 0 spiro atoms. The van der Waals surface area contributed by atoms with Crippen molar-refractivity contribution in [3.63, 3.8) is 0 Å². The third-order valence-corrected chi connectivity index (χ3v) is 6.30. The Morgan fingerprint density at radius 1 is 1.27 bits per heavy atom. The van der Waals surface area contributed by atoms with Gasteiger partial charge in [0.2, 0.25) is 11.8 Å². The van der Waals surface area contributed by atoms with Gasteiger partial charge in [0.25, 0.3) is 5.91 Å². The van der Waals surface area contributed by atoms with Gasteiger partial charge in [-0.1, -0.05) is 46.8 Å². The zero-order chi connectivity index (χ0) is 26.6. The molecule has 1 fully saturated rings. The Morgan fingerprint density at radius 3 is 2.73 bits per heavy atom. The van der Waals surface area contributed by atoms with Crippen molar-refractivity contribution in [1.29, 1.82) is 0 Å². The minimum atomic E-state index is -0.696. The van der Waals surface area contributed by atoms with Gasteiger partial charge in [0.15, 0.2) is 12.4 Å². The van der Waals surface area contributed by atoms with Crippen molar-refractivity contribution < 1.29 is 18.7 Å². The van der Waals surface area contributed by atoms with Crippen molar-refractivity contribution >= 4 is 11.8 Å². The summed E-state index contributed by atoms with van der Waals surface area (Å²) in [7, 11) is 0. The Morgan fingerprint density at radius 2 is 2.05 bits per heavy atom. The maximum Gasteiger partial charge on any atom is 0.255 e. The molecule has 0 radical (unpaired) electrons. The molecule has 11 nitrogen and oxygen atoms in total. The zero-order valence-electron chi connectivity index (χ0n) is 22.0. The minimum absolute atomic E-state index is 0.0788. The Hall–Kier alpha value is -3.76. The topological polar surface area (TPSA) is 139 Å². The highest BCUT2D eigenvalue weighted by molar-refractivity contribution is 5.99. The van der Waals surface area contributed by atoms with Crippen molar-refractivity contribution in [1.82, 2.24) is 35.8 Å². The lowest BCUT2D eigenvalue weighted by molar-refractivity contribution is -0.134. The van der Waals surface area contributed by atoms with Crippen LogP contribution in [0.3, 0.4) is 0 Å². The first-order chi connectivity index (χ1) is 17.6. The third kappa shape index (κ3) is 6.33. The van der Waals surface area contributed by atoms with Gasteiger partial charge in [0, 0.05) is 12.0 Å². The lowest BCUT2D eigenvalue weighted by Crippen LogP contribution is -2.49. The number of tetrazole rings is 1. The Kier molecular flexibility index (Phi) is 7.89. The van der Waals surface area contributed by atoms with E-state index >= 15 is 0 Å². The lowest BCUT2D eigenvalue weighted by Gasteiger charge is -2.29. The van der Waals surface area contributed by atoms with E-state index in [1.165, 1.54) is 0 Å². The Balaban J connectivity index is 1.48. The maximum absolute atomic E-state index is 13.6. The molecule has 3 heterocycles. The molecular formula is C26H35N7O4. The number of carbonyl (C=O) groups excluding carboxylic acids is 2. The van der Waals surface area contributed by atoms with Crippen LogP contribution in [0.2, 0.25) is 0 Å². The number of benzene rings is 1. The molecule has 1 aromatic carbocycles. The average molecular weight is 510 g/mol. The lowest BCUT2D eigenvalue weighted by atomic mass is 9.94. The number of oxazole rings is 1. The molecular weight excluding hydrogens is 474 g/mol. The fourth-order valence-electron chi connectivity index (χ4n) is 4.39. The standard InChI is InChI=1S/C26H35N7O4/c1-16(2)13-18(25(35)33-12-8-10-19(33)23-29-31-32-30-23)28-24(34)17-9-6-7-11-20(17)36-15-22-27-14-21(37-22)26(3,4)5/h6-7,9,11,14,16,18-19H,8,10,12-13,15H2,1-5H3,(H,28,34)(H,29,30,31,32)/t18-,19-/m1/s1. The summed E-state index contributed by atoms with van der Waals surface area (Å²) in [5, 5.41) is 17.0. The molecule has 1 saturated heterocycles. The second-order valence-corrected chi connectivity index (χ2v) is 10.8. The van der Waals surface area contributed by atoms with E-state index in [2.05, 4.69) is 30.9 Å². The summed E-state index contributed by atoms with van der Waals surface area (Å²) >= 11 is 0. The summed E-state index contributed by atoms with van der Waals surface area (Å²) in [6, 6.07) is 6.02. The number of H-pyrrole nitrogens is 1. The van der Waals surface area contributed by atoms with Crippen molar-refractivity contribution in [3.8, 4) is 5.75 Å². The van der Waals surface area contributed by atoms with Gasteiger partial charge in [-0.15, -0.1) is 5.10 Å². The van der Waals surface area contributed by atoms with Gasteiger partial charge in [-0.2, -0.15) is 0 Å². The summed E-state index contributed by atoms with van der Waals surface area (Å²) in [6.07, 6.45) is 3.80. The normalized spacial score (nSPS) is 16.7. The van der Waals surface area contributed by atoms with Crippen molar-refractivity contribution in [3.05, 3.63) is 53.5 Å². The second kappa shape index (κ2) is 11.1. The van der Waals surface area contributed by atoms with E-state index in [4.69, 9.17) is 9.15 Å². The average Bonchev–Trinajstić information content (AvgIpc) is 3.62. The van der Waals surface area contributed by atoms with E-state index in [1.54, 1.807) is 35.4 Å². The van der Waals surface area contributed by atoms with Crippen LogP contribution in [0.1, 0.15) is 87.8 Å². The van der Waals surface area contributed by atoms with Gasteiger partial charge in [-0.3, -0.25) is 9.59 Å². The number of likely N-dealkylation sites (tertiary alicyclic amines) is 1. The van der Waals surface area contributed by atoms with Gasteiger partial charge in [0.1, 0.15) is 17.6 Å². The molecule has 1 aliphatic heterocycles. The molecule has 4 rings (SSSR count). The number of nitrogens with one attached hydrogen (secondary N) is 2. The molecule has 2 atom stereocenters. The first kappa shape index (κ1) is 26.3. The smallest absolute Gasteiger partial charge is 0.255 e. The van der Waals surface area contributed by atoms with Crippen LogP contribution in [0.5, 0.6) is 5.75 Å². The molecule has 1 aliphatic rings. The fourth-order valence-corrected chi connectivity index (χ4v) is 4.39. The second-order valence-electron chi connectivity index (χ2n) is 10.8. The van der Waals surface area contributed by atoms with E-state index in [0.717, 1.165) is 18.6 Å². The van der Waals surface area contributed by atoms with Crippen molar-refractivity contribution in [2.24, 2.45) is 5.92 Å². The van der Waals surface area contributed by atoms with Crippen LogP contribution in [0.25, 0.3) is 0 Å². The Bertz CT molecular complexity index is 1200. The summed E-state index contributed by atoms with van der Waals surface area (Å²) in [5.41, 5.74) is 0.170. The summed E-state index contributed by atoms with van der Waals surface area (Å²) in [4.78, 5) is 33.1. The predicted octanol–water partition coefficient (Wildman–Crippen LogP) is 3.57. The fraction of sp³-hybridized carbons (Fsp3) is 0.538. The number of nitrogens with zero attached hydrogens (tertiary/aromatic N) is 5. The van der Waals surface area contributed by atoms with E-state index < -0.39 is 6.04 Å². The van der Waals surface area contributed by atoms with Gasteiger partial charge in [0.05, 0.1) is 17.8 Å². The summed E-state index contributed by atoms with van der Waals surface area (Å²) in [5.74, 6) is 1.79. The number of ether oxygens (including phenoxy) is 1. The molecule has 0 unspecified atom stereocenters. The molecule has 11 heteroatoms. The molecule has 2 N–H and O–H groups in total. The number of hydrogen-bond acceptors (Lipinski definition) is 8. The molecule has 2 amide bonds. The molecule has 2 aromatic heterocycles. The number of rotatable bonds is 9. The molecule has 3 aromatic rings. The van der Waals surface area contributed by atoms with Crippen LogP contribution in [-0.4, -0.2) is 54.9 Å². The van der Waals surface area contributed by atoms with Crippen LogP contribution in [0, 0.1) is 5.92 Å². The van der Waals surface area contributed by atoms with E-state index in [9.17, 15) is 9.59 Å². The number of aromatic nitrogens is 5. The van der Waals surface area contributed by atoms with Crippen molar-refractivity contribution in [2.45, 2.75) is 78.0 Å². The highest BCUT2D eigenvalue weighted by Gasteiger charge is 2.37. The van der Waals surface area contributed by atoms with Crippen molar-refractivity contribution in [2.75, 3.05) is 6.54 Å². The van der Waals surface area contributed by atoms with Crippen LogP contribution < -0.4 is 10.1 Å².